The highest BCUT2D eigenvalue weighted by molar-refractivity contribution is 6.33. The number of hydrogen-bond acceptors (Lipinski definition) is 6. The summed E-state index contributed by atoms with van der Waals surface area (Å²) in [4.78, 5) is 38.0. The molecule has 160 valence electrons. The summed E-state index contributed by atoms with van der Waals surface area (Å²) in [6.07, 6.45) is 0. The Hall–Kier alpha value is -3.26. The average molecular weight is 434 g/mol. The normalized spacial score (nSPS) is 10.3. The van der Waals surface area contributed by atoms with Gasteiger partial charge in [-0.05, 0) is 31.0 Å². The lowest BCUT2D eigenvalue weighted by atomic mass is 10.1. The van der Waals surface area contributed by atoms with Gasteiger partial charge in [-0.15, -0.1) is 0 Å². The lowest BCUT2D eigenvalue weighted by molar-refractivity contribution is -0.136. The Morgan fingerprint density at radius 2 is 1.80 bits per heavy atom. The van der Waals surface area contributed by atoms with Crippen LogP contribution in [0.15, 0.2) is 30.3 Å². The molecule has 0 heterocycles. The largest absolute Gasteiger partial charge is 0.496 e. The second kappa shape index (κ2) is 9.98. The van der Waals surface area contributed by atoms with Gasteiger partial charge in [0.25, 0.3) is 5.91 Å². The maximum Gasteiger partial charge on any atom is 0.342 e. The van der Waals surface area contributed by atoms with Crippen molar-refractivity contribution in [1.82, 2.24) is 4.90 Å². The molecule has 0 spiro atoms. The number of halogens is 1. The van der Waals surface area contributed by atoms with E-state index in [0.29, 0.717) is 5.69 Å². The number of ether oxygens (including phenoxy) is 2. The third-order valence-corrected chi connectivity index (χ3v) is 4.74. The molecule has 0 fully saturated rings. The second-order valence-corrected chi connectivity index (χ2v) is 7.12. The molecule has 0 saturated carbocycles. The Bertz CT molecular complexity index is 957. The van der Waals surface area contributed by atoms with Gasteiger partial charge in [-0.2, -0.15) is 0 Å². The van der Waals surface area contributed by atoms with Crippen LogP contribution in [0.1, 0.15) is 21.5 Å². The molecular weight excluding hydrogens is 410 g/mol. The summed E-state index contributed by atoms with van der Waals surface area (Å²) >= 11 is 5.94. The van der Waals surface area contributed by atoms with Gasteiger partial charge in [-0.25, -0.2) is 4.79 Å². The van der Waals surface area contributed by atoms with Crippen LogP contribution < -0.4 is 15.8 Å². The molecule has 9 heteroatoms. The molecule has 0 radical (unpaired) electrons. The molecule has 0 aromatic heterocycles. The quantitative estimate of drug-likeness (QED) is 0.513. The van der Waals surface area contributed by atoms with Gasteiger partial charge in [0.15, 0.2) is 6.61 Å². The predicted octanol–water partition coefficient (Wildman–Crippen LogP) is 2.80. The van der Waals surface area contributed by atoms with Crippen molar-refractivity contribution < 1.29 is 23.9 Å². The Morgan fingerprint density at radius 3 is 2.40 bits per heavy atom. The SMILES string of the molecule is COc1cc(N)c(Cl)cc1C(=O)OCC(=O)N(C)CC(=O)Nc1c(C)cccc1C. The van der Waals surface area contributed by atoms with Crippen LogP contribution in [-0.2, 0) is 14.3 Å². The first-order valence-electron chi connectivity index (χ1n) is 9.04. The molecule has 0 saturated heterocycles. The van der Waals surface area contributed by atoms with Gasteiger partial charge in [0, 0.05) is 18.8 Å². The molecule has 0 aliphatic rings. The molecule has 2 aromatic carbocycles. The van der Waals surface area contributed by atoms with Crippen LogP contribution in [0, 0.1) is 13.8 Å². The monoisotopic (exact) mass is 433 g/mol. The number of aryl methyl sites for hydroxylation is 2. The highest BCUT2D eigenvalue weighted by Gasteiger charge is 2.20. The van der Waals surface area contributed by atoms with Gasteiger partial charge < -0.3 is 25.4 Å². The minimum Gasteiger partial charge on any atom is -0.496 e. The number of benzene rings is 2. The summed E-state index contributed by atoms with van der Waals surface area (Å²) in [5.74, 6) is -1.52. The molecule has 2 amide bonds. The van der Waals surface area contributed by atoms with E-state index in [1.54, 1.807) is 0 Å². The smallest absolute Gasteiger partial charge is 0.342 e. The maximum absolute atomic E-state index is 12.3. The van der Waals surface area contributed by atoms with Crippen molar-refractivity contribution in [3.8, 4) is 5.75 Å². The maximum atomic E-state index is 12.3. The third kappa shape index (κ3) is 5.64. The van der Waals surface area contributed by atoms with Crippen LogP contribution >= 0.6 is 11.6 Å². The summed E-state index contributed by atoms with van der Waals surface area (Å²) in [5.41, 5.74) is 8.52. The van der Waals surface area contributed by atoms with Gasteiger partial charge in [0.2, 0.25) is 5.91 Å². The summed E-state index contributed by atoms with van der Waals surface area (Å²) in [6.45, 7) is 3.03. The number of carbonyl (C=O) groups is 3. The zero-order chi connectivity index (χ0) is 22.4. The van der Waals surface area contributed by atoms with Crippen LogP contribution in [0.4, 0.5) is 11.4 Å². The molecule has 0 aliphatic carbocycles. The minimum absolute atomic E-state index is 0.0416. The number of nitrogens with zero attached hydrogens (tertiary/aromatic N) is 1. The number of nitrogens with one attached hydrogen (secondary N) is 1. The Balaban J connectivity index is 1.94. The number of amides is 2. The van der Waals surface area contributed by atoms with E-state index < -0.39 is 18.5 Å². The number of nitrogen functional groups attached to an aromatic ring is 1. The van der Waals surface area contributed by atoms with Crippen molar-refractivity contribution in [2.24, 2.45) is 0 Å². The zero-order valence-electron chi connectivity index (χ0n) is 17.2. The molecule has 30 heavy (non-hydrogen) atoms. The van der Waals surface area contributed by atoms with Crippen LogP contribution in [-0.4, -0.2) is 50.0 Å². The first-order chi connectivity index (χ1) is 14.1. The van der Waals surface area contributed by atoms with Gasteiger partial charge in [0.05, 0.1) is 24.4 Å². The number of esters is 1. The Morgan fingerprint density at radius 1 is 1.17 bits per heavy atom. The highest BCUT2D eigenvalue weighted by atomic mass is 35.5. The van der Waals surface area contributed by atoms with Crippen molar-refractivity contribution in [2.45, 2.75) is 13.8 Å². The average Bonchev–Trinajstić information content (AvgIpc) is 2.70. The van der Waals surface area contributed by atoms with E-state index in [0.717, 1.165) is 11.1 Å². The first kappa shape index (κ1) is 23.0. The highest BCUT2D eigenvalue weighted by Crippen LogP contribution is 2.29. The predicted molar refractivity (Wildman–Crippen MR) is 115 cm³/mol. The summed E-state index contributed by atoms with van der Waals surface area (Å²) < 4.78 is 10.1. The molecule has 2 rings (SSSR count). The van der Waals surface area contributed by atoms with Crippen LogP contribution in [0.2, 0.25) is 5.02 Å². The molecule has 8 nitrogen and oxygen atoms in total. The third-order valence-electron chi connectivity index (χ3n) is 4.42. The molecule has 2 aromatic rings. The number of rotatable bonds is 7. The van der Waals surface area contributed by atoms with E-state index in [1.807, 2.05) is 32.0 Å². The zero-order valence-corrected chi connectivity index (χ0v) is 18.0. The van der Waals surface area contributed by atoms with Crippen LogP contribution in [0.3, 0.4) is 0 Å². The van der Waals surface area contributed by atoms with Gasteiger partial charge in [0.1, 0.15) is 11.3 Å². The summed E-state index contributed by atoms with van der Waals surface area (Å²) in [7, 11) is 2.81. The number of nitrogens with two attached hydrogens (primary N) is 1. The van der Waals surface area contributed by atoms with E-state index in [-0.39, 0.29) is 34.5 Å². The van der Waals surface area contributed by atoms with Crippen molar-refractivity contribution >= 4 is 40.8 Å². The van der Waals surface area contributed by atoms with Crippen molar-refractivity contribution in [3.05, 3.63) is 52.0 Å². The number of anilines is 2. The Kier molecular flexibility index (Phi) is 7.66. The number of hydrogen-bond donors (Lipinski definition) is 2. The van der Waals surface area contributed by atoms with Crippen molar-refractivity contribution in [3.63, 3.8) is 0 Å². The first-order valence-corrected chi connectivity index (χ1v) is 9.42. The number of likely N-dealkylation sites (N-methyl/N-ethyl adjacent to an activating group) is 1. The topological polar surface area (TPSA) is 111 Å². The van der Waals surface area contributed by atoms with Crippen LogP contribution in [0.25, 0.3) is 0 Å². The van der Waals surface area contributed by atoms with Crippen LogP contribution in [0.5, 0.6) is 5.75 Å². The van der Waals surface area contributed by atoms with Crippen molar-refractivity contribution in [1.29, 1.82) is 0 Å². The number of carbonyl (C=O) groups excluding carboxylic acids is 3. The fourth-order valence-corrected chi connectivity index (χ4v) is 2.87. The van der Waals surface area contributed by atoms with E-state index in [1.165, 1.54) is 31.2 Å². The van der Waals surface area contributed by atoms with Gasteiger partial charge in [-0.1, -0.05) is 29.8 Å². The molecule has 0 unspecified atom stereocenters. The summed E-state index contributed by atoms with van der Waals surface area (Å²) in [5, 5.41) is 2.96. The molecule has 0 bridgehead atoms. The number of methoxy groups -OCH3 is 1. The standard InChI is InChI=1S/C21H24ClN3O5/c1-12-6-5-7-13(2)20(12)24-18(26)10-25(3)19(27)11-30-21(28)14-8-15(22)16(23)9-17(14)29-4/h5-9H,10-11,23H2,1-4H3,(H,24,26). The number of para-hydroxylation sites is 1. The summed E-state index contributed by atoms with van der Waals surface area (Å²) in [6, 6.07) is 8.37. The van der Waals surface area contributed by atoms with E-state index >= 15 is 0 Å². The Labute approximate surface area is 179 Å². The molecular formula is C21H24ClN3O5. The molecule has 0 aliphatic heterocycles. The second-order valence-electron chi connectivity index (χ2n) is 6.71. The van der Waals surface area contributed by atoms with E-state index in [2.05, 4.69) is 5.32 Å². The lowest BCUT2D eigenvalue weighted by Crippen LogP contribution is -2.37. The lowest BCUT2D eigenvalue weighted by Gasteiger charge is -2.18. The fourth-order valence-electron chi connectivity index (χ4n) is 2.71. The fraction of sp³-hybridized carbons (Fsp3) is 0.286. The molecule has 3 N–H and O–H groups in total. The van der Waals surface area contributed by atoms with Gasteiger partial charge >= 0.3 is 5.97 Å². The van der Waals surface area contributed by atoms with Gasteiger partial charge in [-0.3, -0.25) is 9.59 Å². The van der Waals surface area contributed by atoms with Crippen molar-refractivity contribution in [2.75, 3.05) is 38.4 Å². The minimum atomic E-state index is -0.796. The molecule has 0 atom stereocenters. The van der Waals surface area contributed by atoms with E-state index in [4.69, 9.17) is 26.8 Å². The van der Waals surface area contributed by atoms with E-state index in [9.17, 15) is 14.4 Å².